The molecule has 0 bridgehead atoms. The second-order valence-corrected chi connectivity index (χ2v) is 3.06. The summed E-state index contributed by atoms with van der Waals surface area (Å²) in [6.07, 6.45) is 1.84. The highest BCUT2D eigenvalue weighted by atomic mass is 19.1. The van der Waals surface area contributed by atoms with Gasteiger partial charge in [-0.25, -0.2) is 4.39 Å². The normalized spacial score (nSPS) is 14.1. The van der Waals surface area contributed by atoms with Gasteiger partial charge in [-0.2, -0.15) is 0 Å². The summed E-state index contributed by atoms with van der Waals surface area (Å²) in [5.74, 6) is -0.234. The zero-order chi connectivity index (χ0) is 10.6. The Morgan fingerprint density at radius 3 is 2.43 bits per heavy atom. The van der Waals surface area contributed by atoms with E-state index in [-0.39, 0.29) is 11.9 Å². The molecule has 0 aromatic heterocycles. The van der Waals surface area contributed by atoms with Crippen molar-refractivity contribution in [2.24, 2.45) is 5.73 Å². The van der Waals surface area contributed by atoms with E-state index in [4.69, 9.17) is 5.73 Å². The Morgan fingerprint density at radius 2 is 2.00 bits per heavy atom. The topological polar surface area (TPSA) is 38.0 Å². The third-order valence-electron chi connectivity index (χ3n) is 2.16. The van der Waals surface area contributed by atoms with Crippen LogP contribution in [0.4, 0.5) is 4.39 Å². The molecule has 1 aromatic carbocycles. The molecule has 3 N–H and O–H groups in total. The first kappa shape index (κ1) is 10.7. The predicted octanol–water partition coefficient (Wildman–Crippen LogP) is 1.95. The number of rotatable bonds is 3. The van der Waals surface area contributed by atoms with Gasteiger partial charge in [0.25, 0.3) is 0 Å². The van der Waals surface area contributed by atoms with Gasteiger partial charge in [-0.05, 0) is 31.7 Å². The van der Waals surface area contributed by atoms with Crippen LogP contribution in [0.25, 0.3) is 0 Å². The first-order chi connectivity index (χ1) is 6.69. The van der Waals surface area contributed by atoms with E-state index in [2.05, 4.69) is 5.32 Å². The maximum absolute atomic E-state index is 12.7. The second-order valence-electron chi connectivity index (χ2n) is 3.06. The van der Waals surface area contributed by atoms with E-state index in [9.17, 15) is 4.39 Å². The van der Waals surface area contributed by atoms with E-state index in [0.717, 1.165) is 11.3 Å². The molecule has 1 rings (SSSR count). The smallest absolute Gasteiger partial charge is 0.123 e. The molecule has 0 aliphatic rings. The van der Waals surface area contributed by atoms with Crippen LogP contribution < -0.4 is 11.1 Å². The molecule has 0 aliphatic heterocycles. The number of nitrogens with one attached hydrogen (secondary N) is 1. The first-order valence-electron chi connectivity index (χ1n) is 4.53. The lowest BCUT2D eigenvalue weighted by Gasteiger charge is -2.16. The van der Waals surface area contributed by atoms with Gasteiger partial charge >= 0.3 is 0 Å². The van der Waals surface area contributed by atoms with E-state index in [1.807, 2.05) is 20.0 Å². The SMILES string of the molecule is C/C=C(\N)C(NC)c1ccc(F)cc1. The lowest BCUT2D eigenvalue weighted by Crippen LogP contribution is -2.22. The summed E-state index contributed by atoms with van der Waals surface area (Å²) in [6.45, 7) is 1.88. The number of benzene rings is 1. The lowest BCUT2D eigenvalue weighted by atomic mass is 10.0. The van der Waals surface area contributed by atoms with Crippen LogP contribution in [0.5, 0.6) is 0 Å². The van der Waals surface area contributed by atoms with E-state index in [0.29, 0.717) is 0 Å². The van der Waals surface area contributed by atoms with Crippen LogP contribution in [0.2, 0.25) is 0 Å². The van der Waals surface area contributed by atoms with E-state index < -0.39 is 0 Å². The monoisotopic (exact) mass is 194 g/mol. The van der Waals surface area contributed by atoms with Gasteiger partial charge in [0.05, 0.1) is 6.04 Å². The molecule has 0 heterocycles. The molecule has 3 heteroatoms. The minimum Gasteiger partial charge on any atom is -0.401 e. The van der Waals surface area contributed by atoms with Crippen LogP contribution in [-0.4, -0.2) is 7.05 Å². The van der Waals surface area contributed by atoms with Gasteiger partial charge in [0.15, 0.2) is 0 Å². The van der Waals surface area contributed by atoms with Crippen molar-refractivity contribution in [3.8, 4) is 0 Å². The molecule has 0 aliphatic carbocycles. The molecule has 1 aromatic rings. The number of allylic oxidation sites excluding steroid dienone is 1. The Balaban J connectivity index is 2.95. The molecule has 0 saturated carbocycles. The second kappa shape index (κ2) is 4.77. The van der Waals surface area contributed by atoms with Crippen molar-refractivity contribution in [1.29, 1.82) is 0 Å². The zero-order valence-corrected chi connectivity index (χ0v) is 8.42. The van der Waals surface area contributed by atoms with E-state index in [1.54, 1.807) is 12.1 Å². The van der Waals surface area contributed by atoms with Crippen molar-refractivity contribution in [1.82, 2.24) is 5.32 Å². The molecule has 0 saturated heterocycles. The molecule has 0 fully saturated rings. The van der Waals surface area contributed by atoms with Gasteiger partial charge in [-0.3, -0.25) is 0 Å². The van der Waals surface area contributed by atoms with Gasteiger partial charge in [-0.1, -0.05) is 18.2 Å². The van der Waals surface area contributed by atoms with Gasteiger partial charge in [0, 0.05) is 5.70 Å². The Bertz CT molecular complexity index is 317. The zero-order valence-electron chi connectivity index (χ0n) is 8.42. The summed E-state index contributed by atoms with van der Waals surface area (Å²) in [5.41, 5.74) is 7.50. The summed E-state index contributed by atoms with van der Waals surface area (Å²) in [5, 5.41) is 3.07. The molecule has 0 radical (unpaired) electrons. The van der Waals surface area contributed by atoms with Gasteiger partial charge in [-0.15, -0.1) is 0 Å². The molecular weight excluding hydrogens is 179 g/mol. The van der Waals surface area contributed by atoms with Crippen LogP contribution in [-0.2, 0) is 0 Å². The number of likely N-dealkylation sites (N-methyl/N-ethyl adjacent to an activating group) is 1. The molecule has 2 nitrogen and oxygen atoms in total. The molecular formula is C11H15FN2. The average Bonchev–Trinajstić information content (AvgIpc) is 2.21. The Labute approximate surface area is 83.6 Å². The maximum Gasteiger partial charge on any atom is 0.123 e. The fraction of sp³-hybridized carbons (Fsp3) is 0.273. The minimum atomic E-state index is -0.234. The highest BCUT2D eigenvalue weighted by molar-refractivity contribution is 5.26. The van der Waals surface area contributed by atoms with Crippen LogP contribution in [0.3, 0.4) is 0 Å². The van der Waals surface area contributed by atoms with Crippen molar-refractivity contribution < 1.29 is 4.39 Å². The standard InChI is InChI=1S/C11H15FN2/c1-3-10(13)11(14-2)8-4-6-9(12)7-5-8/h3-7,11,14H,13H2,1-2H3/b10-3-. The minimum absolute atomic E-state index is 0.0411. The largest absolute Gasteiger partial charge is 0.401 e. The molecule has 0 spiro atoms. The van der Waals surface area contributed by atoms with Crippen molar-refractivity contribution in [2.45, 2.75) is 13.0 Å². The summed E-state index contributed by atoms with van der Waals surface area (Å²) in [6, 6.07) is 6.28. The number of nitrogens with two attached hydrogens (primary N) is 1. The van der Waals surface area contributed by atoms with Crippen molar-refractivity contribution in [3.63, 3.8) is 0 Å². The van der Waals surface area contributed by atoms with Crippen molar-refractivity contribution in [2.75, 3.05) is 7.05 Å². The molecule has 1 atom stereocenters. The van der Waals surface area contributed by atoms with Crippen LogP contribution in [0.15, 0.2) is 36.0 Å². The molecule has 0 amide bonds. The van der Waals surface area contributed by atoms with Crippen LogP contribution >= 0.6 is 0 Å². The summed E-state index contributed by atoms with van der Waals surface area (Å²) >= 11 is 0. The summed E-state index contributed by atoms with van der Waals surface area (Å²) in [7, 11) is 1.82. The predicted molar refractivity (Wildman–Crippen MR) is 56.1 cm³/mol. The average molecular weight is 194 g/mol. The molecule has 76 valence electrons. The highest BCUT2D eigenvalue weighted by Gasteiger charge is 2.10. The lowest BCUT2D eigenvalue weighted by molar-refractivity contribution is 0.621. The number of hydrogen-bond acceptors (Lipinski definition) is 2. The summed E-state index contributed by atoms with van der Waals surface area (Å²) in [4.78, 5) is 0. The van der Waals surface area contributed by atoms with Gasteiger partial charge in [0.1, 0.15) is 5.82 Å². The third kappa shape index (κ3) is 2.33. The molecule has 14 heavy (non-hydrogen) atoms. The Morgan fingerprint density at radius 1 is 1.43 bits per heavy atom. The van der Waals surface area contributed by atoms with Crippen molar-refractivity contribution in [3.05, 3.63) is 47.4 Å². The van der Waals surface area contributed by atoms with Crippen molar-refractivity contribution >= 4 is 0 Å². The third-order valence-corrected chi connectivity index (χ3v) is 2.16. The highest BCUT2D eigenvalue weighted by Crippen LogP contribution is 2.17. The number of hydrogen-bond donors (Lipinski definition) is 2. The Kier molecular flexibility index (Phi) is 3.65. The maximum atomic E-state index is 12.7. The quantitative estimate of drug-likeness (QED) is 0.771. The van der Waals surface area contributed by atoms with E-state index >= 15 is 0 Å². The van der Waals surface area contributed by atoms with Crippen LogP contribution in [0.1, 0.15) is 18.5 Å². The van der Waals surface area contributed by atoms with Crippen LogP contribution in [0, 0.1) is 5.82 Å². The number of halogens is 1. The van der Waals surface area contributed by atoms with Gasteiger partial charge < -0.3 is 11.1 Å². The molecule has 1 unspecified atom stereocenters. The first-order valence-corrected chi connectivity index (χ1v) is 4.53. The fourth-order valence-corrected chi connectivity index (χ4v) is 1.35. The fourth-order valence-electron chi connectivity index (χ4n) is 1.35. The Hall–Kier alpha value is -1.35. The summed E-state index contributed by atoms with van der Waals surface area (Å²) < 4.78 is 12.7. The van der Waals surface area contributed by atoms with Gasteiger partial charge in [0.2, 0.25) is 0 Å². The van der Waals surface area contributed by atoms with E-state index in [1.165, 1.54) is 12.1 Å².